The molecule has 6 nitrogen and oxygen atoms in total. The third-order valence-corrected chi connectivity index (χ3v) is 4.12. The number of aryl methyl sites for hydroxylation is 2. The number of fused-ring (bicyclic) bond motifs is 1. The topological polar surface area (TPSA) is 64.6 Å². The second-order valence-corrected chi connectivity index (χ2v) is 6.09. The van der Waals surface area contributed by atoms with Crippen LogP contribution in [0.5, 0.6) is 5.75 Å². The van der Waals surface area contributed by atoms with Crippen LogP contribution in [0.2, 0.25) is 0 Å². The zero-order valence-electron chi connectivity index (χ0n) is 14.7. The van der Waals surface area contributed by atoms with Crippen molar-refractivity contribution in [2.75, 3.05) is 6.54 Å². The fraction of sp³-hybridized carbons (Fsp3) is 0.444. The zero-order chi connectivity index (χ0) is 17.1. The van der Waals surface area contributed by atoms with E-state index in [1.165, 1.54) is 0 Å². The number of rotatable bonds is 7. The van der Waals surface area contributed by atoms with E-state index in [2.05, 4.69) is 30.5 Å². The maximum Gasteiger partial charge on any atom is 0.179 e. The van der Waals surface area contributed by atoms with Crippen molar-refractivity contribution in [3.8, 4) is 5.75 Å². The number of hydrogen-bond acceptors (Lipinski definition) is 5. The van der Waals surface area contributed by atoms with Crippen molar-refractivity contribution in [1.82, 2.24) is 19.9 Å². The average Bonchev–Trinajstić information content (AvgIpc) is 3.09. The first-order valence-corrected chi connectivity index (χ1v) is 8.33. The summed E-state index contributed by atoms with van der Waals surface area (Å²) in [6.07, 6.45) is 4.94. The van der Waals surface area contributed by atoms with E-state index in [4.69, 9.17) is 14.2 Å². The van der Waals surface area contributed by atoms with Crippen LogP contribution in [0.25, 0.3) is 5.65 Å². The lowest BCUT2D eigenvalue weighted by molar-refractivity contribution is 0.303. The number of ether oxygens (including phenoxy) is 1. The molecule has 0 radical (unpaired) electrons. The Balaban J connectivity index is 1.79. The molecule has 128 valence electrons. The van der Waals surface area contributed by atoms with Crippen LogP contribution in [0.15, 0.2) is 29.0 Å². The minimum Gasteiger partial charge on any atom is -0.485 e. The molecule has 0 saturated heterocycles. The number of nitrogens with zero attached hydrogens (tertiary/aromatic N) is 3. The molecule has 0 aliphatic heterocycles. The Kier molecular flexibility index (Phi) is 4.85. The third-order valence-electron chi connectivity index (χ3n) is 4.12. The standard InChI is InChI=1S/C18H24N4O2/c1-5-19-12(2)9-15-10-22-8-6-7-17(18(22)20-15)23-11-16-13(3)21-24-14(16)4/h6-8,10,12,19H,5,9,11H2,1-4H3. The van der Waals surface area contributed by atoms with Gasteiger partial charge in [0.25, 0.3) is 0 Å². The SMILES string of the molecule is CCNC(C)Cc1cn2cccc(OCc3c(C)noc3C)c2n1. The van der Waals surface area contributed by atoms with Crippen LogP contribution >= 0.6 is 0 Å². The fourth-order valence-electron chi connectivity index (χ4n) is 2.84. The van der Waals surface area contributed by atoms with Gasteiger partial charge < -0.3 is 19.0 Å². The summed E-state index contributed by atoms with van der Waals surface area (Å²) in [5.74, 6) is 1.56. The zero-order valence-corrected chi connectivity index (χ0v) is 14.7. The molecule has 1 N–H and O–H groups in total. The van der Waals surface area contributed by atoms with Gasteiger partial charge >= 0.3 is 0 Å². The summed E-state index contributed by atoms with van der Waals surface area (Å²) in [7, 11) is 0. The molecule has 0 aliphatic carbocycles. The van der Waals surface area contributed by atoms with Gasteiger partial charge in [-0.3, -0.25) is 0 Å². The van der Waals surface area contributed by atoms with Gasteiger partial charge in [0.15, 0.2) is 11.4 Å². The number of nitrogens with one attached hydrogen (secondary N) is 1. The van der Waals surface area contributed by atoms with Gasteiger partial charge in [-0.15, -0.1) is 0 Å². The van der Waals surface area contributed by atoms with Crippen LogP contribution in [0.1, 0.15) is 36.6 Å². The highest BCUT2D eigenvalue weighted by Gasteiger charge is 2.13. The van der Waals surface area contributed by atoms with Crippen LogP contribution < -0.4 is 10.1 Å². The highest BCUT2D eigenvalue weighted by Crippen LogP contribution is 2.22. The van der Waals surface area contributed by atoms with Gasteiger partial charge in [0.05, 0.1) is 17.0 Å². The van der Waals surface area contributed by atoms with Gasteiger partial charge in [-0.2, -0.15) is 0 Å². The molecule has 3 rings (SSSR count). The van der Waals surface area contributed by atoms with Crippen molar-refractivity contribution < 1.29 is 9.26 Å². The average molecular weight is 328 g/mol. The predicted molar refractivity (Wildman–Crippen MR) is 92.3 cm³/mol. The molecule has 3 aromatic rings. The molecule has 0 amide bonds. The van der Waals surface area contributed by atoms with Gasteiger partial charge in [-0.1, -0.05) is 12.1 Å². The summed E-state index contributed by atoms with van der Waals surface area (Å²) < 4.78 is 13.2. The molecule has 0 fully saturated rings. The lowest BCUT2D eigenvalue weighted by atomic mass is 10.2. The van der Waals surface area contributed by atoms with Crippen molar-refractivity contribution in [1.29, 1.82) is 0 Å². The lowest BCUT2D eigenvalue weighted by Crippen LogP contribution is -2.27. The Morgan fingerprint density at radius 2 is 2.21 bits per heavy atom. The predicted octanol–water partition coefficient (Wildman–Crippen LogP) is 3.06. The first-order chi connectivity index (χ1) is 11.6. The molecule has 1 atom stereocenters. The Morgan fingerprint density at radius 3 is 2.92 bits per heavy atom. The minimum absolute atomic E-state index is 0.395. The lowest BCUT2D eigenvalue weighted by Gasteiger charge is -2.09. The maximum atomic E-state index is 5.99. The Labute approximate surface area is 141 Å². The highest BCUT2D eigenvalue weighted by molar-refractivity contribution is 5.54. The first-order valence-electron chi connectivity index (χ1n) is 8.33. The van der Waals surface area contributed by atoms with Crippen LogP contribution in [0, 0.1) is 13.8 Å². The number of aromatic nitrogens is 3. The number of imidazole rings is 1. The number of likely N-dealkylation sites (N-methyl/N-ethyl adjacent to an activating group) is 1. The molecule has 6 heteroatoms. The Bertz CT molecular complexity index is 802. The van der Waals surface area contributed by atoms with E-state index in [1.54, 1.807) is 0 Å². The molecule has 1 unspecified atom stereocenters. The van der Waals surface area contributed by atoms with Gasteiger partial charge in [0, 0.05) is 24.9 Å². The Hall–Kier alpha value is -2.34. The summed E-state index contributed by atoms with van der Waals surface area (Å²) >= 11 is 0. The van der Waals surface area contributed by atoms with Crippen molar-refractivity contribution in [2.45, 2.75) is 46.8 Å². The largest absolute Gasteiger partial charge is 0.485 e. The molecule has 3 aromatic heterocycles. The Morgan fingerprint density at radius 1 is 1.38 bits per heavy atom. The molecule has 24 heavy (non-hydrogen) atoms. The molecule has 3 heterocycles. The van der Waals surface area contributed by atoms with Crippen LogP contribution in [0.3, 0.4) is 0 Å². The number of hydrogen-bond donors (Lipinski definition) is 1. The molecular formula is C18H24N4O2. The van der Waals surface area contributed by atoms with Gasteiger partial charge in [0.2, 0.25) is 0 Å². The minimum atomic E-state index is 0.395. The van der Waals surface area contributed by atoms with E-state index < -0.39 is 0 Å². The molecule has 0 spiro atoms. The monoisotopic (exact) mass is 328 g/mol. The maximum absolute atomic E-state index is 5.99. The quantitative estimate of drug-likeness (QED) is 0.722. The first kappa shape index (κ1) is 16.5. The molecule has 0 aliphatic rings. The van der Waals surface area contributed by atoms with Crippen LogP contribution in [0.4, 0.5) is 0 Å². The second-order valence-electron chi connectivity index (χ2n) is 6.09. The van der Waals surface area contributed by atoms with Crippen LogP contribution in [-0.4, -0.2) is 27.1 Å². The summed E-state index contributed by atoms with van der Waals surface area (Å²) in [6, 6.07) is 4.30. The summed E-state index contributed by atoms with van der Waals surface area (Å²) in [5, 5.41) is 7.37. The summed E-state index contributed by atoms with van der Waals surface area (Å²) in [4.78, 5) is 4.74. The van der Waals surface area contributed by atoms with E-state index in [0.717, 1.165) is 47.1 Å². The van der Waals surface area contributed by atoms with Gasteiger partial charge in [-0.05, 0) is 39.4 Å². The third kappa shape index (κ3) is 3.43. The molecule has 0 bridgehead atoms. The van der Waals surface area contributed by atoms with Gasteiger partial charge in [-0.25, -0.2) is 4.98 Å². The van der Waals surface area contributed by atoms with E-state index >= 15 is 0 Å². The summed E-state index contributed by atoms with van der Waals surface area (Å²) in [6.45, 7) is 9.49. The second kappa shape index (κ2) is 7.05. The molecule has 0 saturated carbocycles. The van der Waals surface area contributed by atoms with E-state index in [-0.39, 0.29) is 0 Å². The summed E-state index contributed by atoms with van der Waals surface area (Å²) in [5.41, 5.74) is 3.74. The van der Waals surface area contributed by atoms with Crippen molar-refractivity contribution in [3.05, 3.63) is 47.2 Å². The smallest absolute Gasteiger partial charge is 0.179 e. The highest BCUT2D eigenvalue weighted by atomic mass is 16.5. The van der Waals surface area contributed by atoms with Gasteiger partial charge in [0.1, 0.15) is 12.4 Å². The normalized spacial score (nSPS) is 12.7. The molecule has 0 aromatic carbocycles. The fourth-order valence-corrected chi connectivity index (χ4v) is 2.84. The van der Waals surface area contributed by atoms with E-state index in [1.807, 2.05) is 36.6 Å². The number of pyridine rings is 1. The van der Waals surface area contributed by atoms with Crippen molar-refractivity contribution >= 4 is 5.65 Å². The van der Waals surface area contributed by atoms with Crippen LogP contribution in [-0.2, 0) is 13.0 Å². The van der Waals surface area contributed by atoms with E-state index in [0.29, 0.717) is 12.6 Å². The van der Waals surface area contributed by atoms with Crippen molar-refractivity contribution in [2.24, 2.45) is 0 Å². The molecular weight excluding hydrogens is 304 g/mol. The van der Waals surface area contributed by atoms with Crippen molar-refractivity contribution in [3.63, 3.8) is 0 Å². The van der Waals surface area contributed by atoms with E-state index in [9.17, 15) is 0 Å².